The van der Waals surface area contributed by atoms with Crippen LogP contribution >= 0.6 is 11.6 Å². The number of nitrogens with two attached hydrogens (primary N) is 1. The standard InChI is InChI=1S/C15H21ClN4/c1-11(17)12-4-6-19(7-5-12)9-14-10-20-8-13(16)2-3-15(20)18-14/h2-3,8,10-12H,4-7,9,17H2,1H3. The number of likely N-dealkylation sites (tertiary alicyclic amines) is 1. The van der Waals surface area contributed by atoms with Gasteiger partial charge in [-0.15, -0.1) is 0 Å². The van der Waals surface area contributed by atoms with Crippen molar-refractivity contribution in [2.75, 3.05) is 13.1 Å². The Labute approximate surface area is 124 Å². The highest BCUT2D eigenvalue weighted by molar-refractivity contribution is 6.30. The number of hydrogen-bond donors (Lipinski definition) is 1. The Hall–Kier alpha value is -1.10. The predicted octanol–water partition coefficient (Wildman–Crippen LogP) is 2.55. The van der Waals surface area contributed by atoms with Crippen LogP contribution in [0.2, 0.25) is 5.02 Å². The van der Waals surface area contributed by atoms with Crippen LogP contribution < -0.4 is 5.73 Å². The molecule has 0 radical (unpaired) electrons. The Kier molecular flexibility index (Phi) is 3.96. The van der Waals surface area contributed by atoms with Gasteiger partial charge in [0.15, 0.2) is 0 Å². The van der Waals surface area contributed by atoms with Crippen LogP contribution in [0.1, 0.15) is 25.5 Å². The minimum atomic E-state index is 0.314. The minimum Gasteiger partial charge on any atom is -0.328 e. The summed E-state index contributed by atoms with van der Waals surface area (Å²) in [6.07, 6.45) is 6.35. The molecule has 4 nitrogen and oxygen atoms in total. The number of imidazole rings is 1. The highest BCUT2D eigenvalue weighted by Gasteiger charge is 2.22. The first-order chi connectivity index (χ1) is 9.61. The summed E-state index contributed by atoms with van der Waals surface area (Å²) in [4.78, 5) is 7.10. The number of fused-ring (bicyclic) bond motifs is 1. The van der Waals surface area contributed by atoms with E-state index in [2.05, 4.69) is 23.0 Å². The number of rotatable bonds is 3. The summed E-state index contributed by atoms with van der Waals surface area (Å²) in [7, 11) is 0. The third kappa shape index (κ3) is 2.97. The van der Waals surface area contributed by atoms with Crippen LogP contribution in [0, 0.1) is 5.92 Å². The summed E-state index contributed by atoms with van der Waals surface area (Å²) in [6, 6.07) is 4.14. The van der Waals surface area contributed by atoms with Crippen molar-refractivity contribution in [3.05, 3.63) is 35.2 Å². The average Bonchev–Trinajstić information content (AvgIpc) is 2.80. The van der Waals surface area contributed by atoms with Crippen molar-refractivity contribution in [1.82, 2.24) is 14.3 Å². The zero-order chi connectivity index (χ0) is 14.1. The van der Waals surface area contributed by atoms with E-state index >= 15 is 0 Å². The number of pyridine rings is 1. The van der Waals surface area contributed by atoms with Gasteiger partial charge in [-0.25, -0.2) is 4.98 Å². The molecule has 1 unspecified atom stereocenters. The molecule has 1 fully saturated rings. The maximum atomic E-state index is 5.99. The second-order valence-corrected chi connectivity index (χ2v) is 6.25. The molecule has 1 aliphatic rings. The van der Waals surface area contributed by atoms with Gasteiger partial charge >= 0.3 is 0 Å². The van der Waals surface area contributed by atoms with E-state index in [4.69, 9.17) is 17.3 Å². The zero-order valence-corrected chi connectivity index (χ0v) is 12.6. The third-order valence-corrected chi connectivity index (χ3v) is 4.45. The van der Waals surface area contributed by atoms with Crippen LogP contribution in [0.15, 0.2) is 24.5 Å². The van der Waals surface area contributed by atoms with Gasteiger partial charge in [-0.1, -0.05) is 11.6 Å². The van der Waals surface area contributed by atoms with E-state index < -0.39 is 0 Å². The predicted molar refractivity (Wildman–Crippen MR) is 81.9 cm³/mol. The molecule has 0 spiro atoms. The first-order valence-corrected chi connectivity index (χ1v) is 7.60. The van der Waals surface area contributed by atoms with Crippen LogP contribution in [0.3, 0.4) is 0 Å². The molecular weight excluding hydrogens is 272 g/mol. The van der Waals surface area contributed by atoms with E-state index in [0.717, 1.165) is 36.0 Å². The van der Waals surface area contributed by atoms with Crippen LogP contribution in [-0.4, -0.2) is 33.4 Å². The number of aromatic nitrogens is 2. The molecule has 0 bridgehead atoms. The van der Waals surface area contributed by atoms with Crippen molar-refractivity contribution < 1.29 is 0 Å². The van der Waals surface area contributed by atoms with Crippen molar-refractivity contribution >= 4 is 17.2 Å². The lowest BCUT2D eigenvalue weighted by molar-refractivity contribution is 0.164. The molecule has 0 amide bonds. The van der Waals surface area contributed by atoms with Crippen molar-refractivity contribution in [2.45, 2.75) is 32.4 Å². The summed E-state index contributed by atoms with van der Waals surface area (Å²) < 4.78 is 1.99. The molecule has 108 valence electrons. The molecule has 2 N–H and O–H groups in total. The fourth-order valence-corrected chi connectivity index (χ4v) is 3.13. The second-order valence-electron chi connectivity index (χ2n) is 5.82. The second kappa shape index (κ2) is 5.72. The first kappa shape index (κ1) is 13.9. The minimum absolute atomic E-state index is 0.314. The number of halogens is 1. The summed E-state index contributed by atoms with van der Waals surface area (Å²) >= 11 is 5.99. The van der Waals surface area contributed by atoms with Gasteiger partial charge in [0.05, 0.1) is 10.7 Å². The lowest BCUT2D eigenvalue weighted by Crippen LogP contribution is -2.39. The zero-order valence-electron chi connectivity index (χ0n) is 11.8. The van der Waals surface area contributed by atoms with Crippen LogP contribution in [0.5, 0.6) is 0 Å². The summed E-state index contributed by atoms with van der Waals surface area (Å²) in [5.74, 6) is 0.672. The highest BCUT2D eigenvalue weighted by atomic mass is 35.5. The van der Waals surface area contributed by atoms with Gasteiger partial charge in [0.25, 0.3) is 0 Å². The largest absolute Gasteiger partial charge is 0.328 e. The third-order valence-electron chi connectivity index (χ3n) is 4.23. The van der Waals surface area contributed by atoms with Crippen molar-refractivity contribution in [3.8, 4) is 0 Å². The fourth-order valence-electron chi connectivity index (χ4n) is 2.96. The van der Waals surface area contributed by atoms with Crippen LogP contribution in [0.25, 0.3) is 5.65 Å². The van der Waals surface area contributed by atoms with E-state index in [1.807, 2.05) is 22.7 Å². The smallest absolute Gasteiger partial charge is 0.137 e. The molecule has 3 rings (SSSR count). The number of nitrogens with zero attached hydrogens (tertiary/aromatic N) is 3. The van der Waals surface area contributed by atoms with Gasteiger partial charge in [0.2, 0.25) is 0 Å². The van der Waals surface area contributed by atoms with E-state index in [1.54, 1.807) is 0 Å². The lowest BCUT2D eigenvalue weighted by Gasteiger charge is -2.33. The van der Waals surface area contributed by atoms with Crippen LogP contribution in [0.4, 0.5) is 0 Å². The molecule has 2 aromatic heterocycles. The van der Waals surface area contributed by atoms with Gasteiger partial charge < -0.3 is 10.1 Å². The van der Waals surface area contributed by atoms with Crippen LogP contribution in [-0.2, 0) is 6.54 Å². The van der Waals surface area contributed by atoms with Gasteiger partial charge in [-0.05, 0) is 50.9 Å². The first-order valence-electron chi connectivity index (χ1n) is 7.23. The van der Waals surface area contributed by atoms with Gasteiger partial charge in [0, 0.05) is 25.0 Å². The molecule has 0 saturated carbocycles. The van der Waals surface area contributed by atoms with E-state index in [1.165, 1.54) is 12.8 Å². The van der Waals surface area contributed by atoms with Gasteiger partial charge in [0.1, 0.15) is 5.65 Å². The monoisotopic (exact) mass is 292 g/mol. The molecule has 1 saturated heterocycles. The van der Waals surface area contributed by atoms with Crippen molar-refractivity contribution in [2.24, 2.45) is 11.7 Å². The maximum Gasteiger partial charge on any atom is 0.137 e. The Morgan fingerprint density at radius 3 is 2.80 bits per heavy atom. The van der Waals surface area contributed by atoms with E-state index in [0.29, 0.717) is 12.0 Å². The van der Waals surface area contributed by atoms with E-state index in [-0.39, 0.29) is 0 Å². The number of hydrogen-bond acceptors (Lipinski definition) is 3. The molecule has 3 heterocycles. The summed E-state index contributed by atoms with van der Waals surface area (Å²) in [5, 5.41) is 0.735. The quantitative estimate of drug-likeness (QED) is 0.946. The number of piperidine rings is 1. The summed E-state index contributed by atoms with van der Waals surface area (Å²) in [6.45, 7) is 5.25. The topological polar surface area (TPSA) is 46.6 Å². The molecule has 1 aliphatic heterocycles. The maximum absolute atomic E-state index is 5.99. The van der Waals surface area contributed by atoms with Gasteiger partial charge in [-0.2, -0.15) is 0 Å². The van der Waals surface area contributed by atoms with Crippen molar-refractivity contribution in [1.29, 1.82) is 0 Å². The molecule has 1 atom stereocenters. The van der Waals surface area contributed by atoms with Gasteiger partial charge in [-0.3, -0.25) is 4.90 Å². The normalized spacial score (nSPS) is 19.6. The lowest BCUT2D eigenvalue weighted by atomic mass is 9.91. The molecule has 2 aromatic rings. The molecule has 20 heavy (non-hydrogen) atoms. The highest BCUT2D eigenvalue weighted by Crippen LogP contribution is 2.21. The van der Waals surface area contributed by atoms with Crippen molar-refractivity contribution in [3.63, 3.8) is 0 Å². The Balaban J connectivity index is 1.65. The average molecular weight is 293 g/mol. The fraction of sp³-hybridized carbons (Fsp3) is 0.533. The Morgan fingerprint density at radius 2 is 2.10 bits per heavy atom. The molecule has 5 heteroatoms. The molecule has 0 aliphatic carbocycles. The molecule has 0 aromatic carbocycles. The summed E-state index contributed by atoms with van der Waals surface area (Å²) in [5.41, 5.74) is 8.04. The Morgan fingerprint density at radius 1 is 1.35 bits per heavy atom. The Bertz CT molecular complexity index is 585. The SMILES string of the molecule is CC(N)C1CCN(Cc2cn3cc(Cl)ccc3n2)CC1. The molecular formula is C15H21ClN4. The van der Waals surface area contributed by atoms with E-state index in [9.17, 15) is 0 Å².